The van der Waals surface area contributed by atoms with E-state index in [0.717, 1.165) is 22.4 Å². The molecule has 0 fully saturated rings. The molecule has 232 valence electrons. The molecule has 0 radical (unpaired) electrons. The van der Waals surface area contributed by atoms with Crippen molar-refractivity contribution in [3.8, 4) is 23.0 Å². The van der Waals surface area contributed by atoms with Gasteiger partial charge in [-0.2, -0.15) is 0 Å². The van der Waals surface area contributed by atoms with Crippen LogP contribution >= 0.6 is 11.8 Å². The van der Waals surface area contributed by atoms with Crippen LogP contribution in [0.3, 0.4) is 0 Å². The molecule has 4 aromatic carbocycles. The van der Waals surface area contributed by atoms with Gasteiger partial charge in [-0.1, -0.05) is 84.0 Å². The standard InChI is InChI=1S/C37H44O5SSi/c1-24(2)44(25(3)4,26(5)6)42-32-19-15-30(16-20-32)37(36(40)29-13-17-31(38)18-14-29)43-35-21-27(7)34(22-33(35)39)41-23-28-11-9-8-10-12-28/h8-22,24-26,37-39H,23H2,1-7H3. The van der Waals surface area contributed by atoms with Crippen LogP contribution < -0.4 is 9.16 Å². The molecule has 4 aromatic rings. The maximum absolute atomic E-state index is 13.9. The molecule has 0 aliphatic carbocycles. The number of aromatic hydroxyl groups is 2. The van der Waals surface area contributed by atoms with Gasteiger partial charge in [-0.3, -0.25) is 4.79 Å². The molecule has 0 aliphatic heterocycles. The summed E-state index contributed by atoms with van der Waals surface area (Å²) in [6, 6.07) is 27.5. The second-order valence-corrected chi connectivity index (χ2v) is 18.8. The number of hydrogen-bond acceptors (Lipinski definition) is 6. The Labute approximate surface area is 267 Å². The number of carbonyl (C=O) groups excluding carboxylic acids is 1. The van der Waals surface area contributed by atoms with Gasteiger partial charge in [0.2, 0.25) is 0 Å². The zero-order valence-corrected chi connectivity index (χ0v) is 28.5. The first-order valence-corrected chi connectivity index (χ1v) is 18.2. The summed E-state index contributed by atoms with van der Waals surface area (Å²) in [6.45, 7) is 15.9. The fourth-order valence-corrected chi connectivity index (χ4v) is 12.5. The summed E-state index contributed by atoms with van der Waals surface area (Å²) >= 11 is 1.30. The lowest BCUT2D eigenvalue weighted by Crippen LogP contribution is -2.50. The second kappa shape index (κ2) is 14.4. The van der Waals surface area contributed by atoms with Crippen LogP contribution in [0, 0.1) is 6.92 Å². The molecule has 0 saturated carbocycles. The van der Waals surface area contributed by atoms with Crippen LogP contribution in [-0.4, -0.2) is 24.3 Å². The first-order chi connectivity index (χ1) is 20.9. The number of benzene rings is 4. The van der Waals surface area contributed by atoms with Crippen LogP contribution in [0.1, 0.15) is 73.8 Å². The Bertz CT molecular complexity index is 1510. The molecule has 0 aliphatic rings. The predicted octanol–water partition coefficient (Wildman–Crippen LogP) is 10.3. The smallest absolute Gasteiger partial charge is 0.258 e. The molecule has 0 aromatic heterocycles. The highest BCUT2D eigenvalue weighted by atomic mass is 32.2. The van der Waals surface area contributed by atoms with Gasteiger partial charge in [0.05, 0.1) is 10.1 Å². The normalized spacial score (nSPS) is 12.5. The number of hydrogen-bond donors (Lipinski definition) is 2. The number of carbonyl (C=O) groups is 1. The van der Waals surface area contributed by atoms with E-state index in [9.17, 15) is 15.0 Å². The second-order valence-electron chi connectivity index (χ2n) is 12.3. The molecular weight excluding hydrogens is 585 g/mol. The minimum Gasteiger partial charge on any atom is -0.543 e. The van der Waals surface area contributed by atoms with E-state index in [0.29, 0.717) is 39.4 Å². The Morgan fingerprint density at radius 3 is 1.95 bits per heavy atom. The van der Waals surface area contributed by atoms with Crippen molar-refractivity contribution in [2.24, 2.45) is 0 Å². The van der Waals surface area contributed by atoms with Crippen molar-refractivity contribution in [1.29, 1.82) is 0 Å². The van der Waals surface area contributed by atoms with E-state index in [1.807, 2.05) is 67.6 Å². The Morgan fingerprint density at radius 2 is 1.39 bits per heavy atom. The van der Waals surface area contributed by atoms with Crippen molar-refractivity contribution < 1.29 is 24.2 Å². The fraction of sp³-hybridized carbons (Fsp3) is 0.324. The summed E-state index contributed by atoms with van der Waals surface area (Å²) in [5, 5.41) is 20.2. The number of Topliss-reactive ketones (excluding diaryl/α,β-unsaturated/α-hetero) is 1. The summed E-state index contributed by atoms with van der Waals surface area (Å²) in [6.07, 6.45) is 0. The van der Waals surface area contributed by atoms with Crippen molar-refractivity contribution in [2.75, 3.05) is 0 Å². The number of ether oxygens (including phenoxy) is 1. The van der Waals surface area contributed by atoms with Crippen LogP contribution in [0.15, 0.2) is 95.9 Å². The largest absolute Gasteiger partial charge is 0.543 e. The van der Waals surface area contributed by atoms with Crippen LogP contribution in [0.2, 0.25) is 16.6 Å². The molecule has 4 rings (SSSR count). The zero-order chi connectivity index (χ0) is 32.0. The van der Waals surface area contributed by atoms with Gasteiger partial charge in [-0.15, -0.1) is 11.8 Å². The van der Waals surface area contributed by atoms with E-state index in [2.05, 4.69) is 41.5 Å². The molecule has 1 unspecified atom stereocenters. The third kappa shape index (κ3) is 7.51. The maximum Gasteiger partial charge on any atom is 0.258 e. The summed E-state index contributed by atoms with van der Waals surface area (Å²) < 4.78 is 12.9. The fourth-order valence-electron chi connectivity index (χ4n) is 6.08. The van der Waals surface area contributed by atoms with Gasteiger partial charge in [0.1, 0.15) is 29.6 Å². The minimum absolute atomic E-state index is 0.0497. The van der Waals surface area contributed by atoms with Crippen molar-refractivity contribution in [3.63, 3.8) is 0 Å². The monoisotopic (exact) mass is 628 g/mol. The van der Waals surface area contributed by atoms with E-state index in [1.165, 1.54) is 23.9 Å². The summed E-state index contributed by atoms with van der Waals surface area (Å²) in [5.41, 5.74) is 4.48. The summed E-state index contributed by atoms with van der Waals surface area (Å²) in [4.78, 5) is 14.5. The van der Waals surface area contributed by atoms with Crippen molar-refractivity contribution in [1.82, 2.24) is 0 Å². The van der Waals surface area contributed by atoms with E-state index in [4.69, 9.17) is 9.16 Å². The molecule has 0 heterocycles. The Balaban J connectivity index is 1.65. The van der Waals surface area contributed by atoms with E-state index in [-0.39, 0.29) is 17.3 Å². The van der Waals surface area contributed by atoms with Gasteiger partial charge in [0.25, 0.3) is 8.32 Å². The van der Waals surface area contributed by atoms with Crippen molar-refractivity contribution in [3.05, 3.63) is 113 Å². The minimum atomic E-state index is -2.14. The lowest BCUT2D eigenvalue weighted by atomic mass is 10.0. The molecule has 0 amide bonds. The number of phenolic OH excluding ortho intramolecular Hbond substituents is 2. The molecule has 0 saturated heterocycles. The van der Waals surface area contributed by atoms with Crippen LogP contribution in [0.25, 0.3) is 0 Å². The van der Waals surface area contributed by atoms with Gasteiger partial charge >= 0.3 is 0 Å². The number of thioether (sulfide) groups is 1. The first kappa shape index (κ1) is 33.2. The molecule has 0 bridgehead atoms. The van der Waals surface area contributed by atoms with E-state index < -0.39 is 13.6 Å². The molecule has 2 N–H and O–H groups in total. The Kier molecular flexibility index (Phi) is 10.9. The van der Waals surface area contributed by atoms with Gasteiger partial charge < -0.3 is 19.4 Å². The quantitative estimate of drug-likeness (QED) is 0.0872. The molecule has 0 spiro atoms. The first-order valence-electron chi connectivity index (χ1n) is 15.2. The van der Waals surface area contributed by atoms with Crippen molar-refractivity contribution in [2.45, 2.75) is 81.8 Å². The van der Waals surface area contributed by atoms with Crippen LogP contribution in [0.4, 0.5) is 0 Å². The average Bonchev–Trinajstić information content (AvgIpc) is 2.99. The van der Waals surface area contributed by atoms with Gasteiger partial charge in [-0.25, -0.2) is 0 Å². The highest BCUT2D eigenvalue weighted by Gasteiger charge is 2.47. The molecular formula is C37H44O5SSi. The SMILES string of the molecule is Cc1cc(SC(C(=O)c2ccc(O)cc2)c2ccc(O[Si](C(C)C)(C(C)C)C(C)C)cc2)c(O)cc1OCc1ccccc1. The summed E-state index contributed by atoms with van der Waals surface area (Å²) in [7, 11) is -2.14. The molecule has 7 heteroatoms. The zero-order valence-electron chi connectivity index (χ0n) is 26.7. The maximum atomic E-state index is 13.9. The predicted molar refractivity (Wildman–Crippen MR) is 183 cm³/mol. The number of aryl methyl sites for hydroxylation is 1. The van der Waals surface area contributed by atoms with E-state index in [1.54, 1.807) is 18.2 Å². The number of ketones is 1. The lowest BCUT2D eigenvalue weighted by molar-refractivity contribution is 0.0989. The topological polar surface area (TPSA) is 76.0 Å². The number of rotatable bonds is 13. The Morgan fingerprint density at radius 1 is 0.795 bits per heavy atom. The highest BCUT2D eigenvalue weighted by Crippen LogP contribution is 2.46. The van der Waals surface area contributed by atoms with Gasteiger partial charge in [0, 0.05) is 11.6 Å². The van der Waals surface area contributed by atoms with Gasteiger partial charge in [-0.05, 0) is 82.7 Å². The third-order valence-corrected chi connectivity index (χ3v) is 15.6. The van der Waals surface area contributed by atoms with Crippen molar-refractivity contribution >= 4 is 25.9 Å². The molecule has 5 nitrogen and oxygen atoms in total. The number of phenols is 2. The highest BCUT2D eigenvalue weighted by molar-refractivity contribution is 8.00. The molecule has 1 atom stereocenters. The van der Waals surface area contributed by atoms with Crippen LogP contribution in [0.5, 0.6) is 23.0 Å². The lowest BCUT2D eigenvalue weighted by Gasteiger charge is -2.42. The Hall–Kier alpha value is -3.68. The average molecular weight is 629 g/mol. The third-order valence-electron chi connectivity index (χ3n) is 8.31. The van der Waals surface area contributed by atoms with Crippen LogP contribution in [-0.2, 0) is 6.61 Å². The van der Waals surface area contributed by atoms with Gasteiger partial charge in [0.15, 0.2) is 5.78 Å². The van der Waals surface area contributed by atoms with E-state index >= 15 is 0 Å². The molecule has 44 heavy (non-hydrogen) atoms. The summed E-state index contributed by atoms with van der Waals surface area (Å²) in [5.74, 6) is 1.43.